The fourth-order valence-electron chi connectivity index (χ4n) is 6.01. The van der Waals surface area contributed by atoms with Gasteiger partial charge in [-0.1, -0.05) is 0 Å². The molecule has 0 bridgehead atoms. The number of pyridine rings is 5. The molecule has 1 N–H and O–H groups in total. The minimum Gasteiger partial charge on any atom is -1.00 e. The average molecular weight is 871 g/mol. The van der Waals surface area contributed by atoms with Gasteiger partial charge in [0.25, 0.3) is 0 Å². The topological polar surface area (TPSA) is 129 Å². The minimum absolute atomic E-state index is 0. The van der Waals surface area contributed by atoms with Gasteiger partial charge in [0.1, 0.15) is 5.82 Å². The second-order valence-electron chi connectivity index (χ2n) is 13.2. The van der Waals surface area contributed by atoms with Crippen molar-refractivity contribution in [3.8, 4) is 22.8 Å². The monoisotopic (exact) mass is 870 g/mol. The maximum atomic E-state index is 14.6. The van der Waals surface area contributed by atoms with E-state index in [4.69, 9.17) is 0 Å². The third kappa shape index (κ3) is 11.5. The molecule has 10 nitrogen and oxygen atoms in total. The molecule has 55 heavy (non-hydrogen) atoms. The summed E-state index contributed by atoms with van der Waals surface area (Å²) in [6, 6.07) is 19.1. The normalized spacial score (nSPS) is 13.1. The van der Waals surface area contributed by atoms with Crippen molar-refractivity contribution < 1.29 is 58.6 Å². The second kappa shape index (κ2) is 20.4. The van der Waals surface area contributed by atoms with Gasteiger partial charge in [-0.05, 0) is 123 Å². The number of fused-ring (bicyclic) bond motifs is 1. The van der Waals surface area contributed by atoms with Crippen molar-refractivity contribution in [3.05, 3.63) is 136 Å². The number of hydrogen-bond acceptors (Lipinski definition) is 9. The van der Waals surface area contributed by atoms with Gasteiger partial charge in [0.15, 0.2) is 5.43 Å². The Balaban J connectivity index is 0.000000228. The summed E-state index contributed by atoms with van der Waals surface area (Å²) < 4.78 is 16.4. The third-order valence-electron chi connectivity index (χ3n) is 8.91. The Labute approximate surface area is 345 Å². The van der Waals surface area contributed by atoms with Crippen LogP contribution in [0.25, 0.3) is 33.7 Å². The average Bonchev–Trinajstić information content (AvgIpc) is 3.98. The van der Waals surface area contributed by atoms with Gasteiger partial charge >= 0.3 is 19.5 Å². The first kappa shape index (κ1) is 44.8. The summed E-state index contributed by atoms with van der Waals surface area (Å²) in [6.07, 6.45) is 10.4. The number of piperazine rings is 1. The SMILES string of the molecule is Cc1ccnc(-c2cc(C)ccn2)c1.Cc1ccnc(-c2cc(C)ccn2)c1.O=C([O-])c1cn(C2CC2)c2cc(N3CCNCC3)c(F)cc2c1=O.[Cl-].[Cl-].[Ru+3]. The molecule has 1 radical (unpaired) electrons. The van der Waals surface area contributed by atoms with E-state index in [1.54, 1.807) is 10.6 Å². The maximum Gasteiger partial charge on any atom is 3.00 e. The van der Waals surface area contributed by atoms with Crippen molar-refractivity contribution in [1.82, 2.24) is 29.8 Å². The van der Waals surface area contributed by atoms with E-state index in [1.165, 1.54) is 34.5 Å². The van der Waals surface area contributed by atoms with E-state index in [-0.39, 0.29) is 55.7 Å². The van der Waals surface area contributed by atoms with Crippen LogP contribution in [0.1, 0.15) is 51.5 Å². The summed E-state index contributed by atoms with van der Waals surface area (Å²) in [5.74, 6) is -2.03. The predicted octanol–water partition coefficient (Wildman–Crippen LogP) is -0.225. The number of halogens is 3. The van der Waals surface area contributed by atoms with E-state index in [0.29, 0.717) is 24.3 Å². The Morgan fingerprint density at radius 3 is 1.51 bits per heavy atom. The van der Waals surface area contributed by atoms with Crippen molar-refractivity contribution in [3.63, 3.8) is 0 Å². The summed E-state index contributed by atoms with van der Waals surface area (Å²) >= 11 is 0. The van der Waals surface area contributed by atoms with E-state index in [9.17, 15) is 19.1 Å². The number of benzene rings is 1. The number of nitrogens with one attached hydrogen (secondary N) is 1. The first-order valence-electron chi connectivity index (χ1n) is 17.3. The van der Waals surface area contributed by atoms with E-state index in [1.807, 2.05) is 78.2 Å². The summed E-state index contributed by atoms with van der Waals surface area (Å²) in [5.41, 5.74) is 8.52. The Hall–Kier alpha value is -4.61. The van der Waals surface area contributed by atoms with Gasteiger partial charge in [0.2, 0.25) is 0 Å². The molecule has 287 valence electrons. The van der Waals surface area contributed by atoms with Crippen LogP contribution in [0.4, 0.5) is 10.1 Å². The summed E-state index contributed by atoms with van der Waals surface area (Å²) in [7, 11) is 0. The molecule has 6 aromatic rings. The predicted molar refractivity (Wildman–Crippen MR) is 200 cm³/mol. The standard InChI is InChI=1S/C17H18FN3O3.2C12H12N2.2ClH.Ru/c18-13-7-11-14(8-15(13)20-5-3-19-4-6-20)21(10-1-2-10)9-12(16(11)22)17(23)24;2*1-9-3-5-13-11(7-9)12-8-10(2)4-6-14-12;;;/h7-10,19H,1-6H2,(H,23,24);2*3-8H,1-2H3;2*1H;/q;;;;;+3/p-3. The Bertz CT molecular complexity index is 2130. The van der Waals surface area contributed by atoms with Crippen LogP contribution < -0.4 is 45.6 Å². The van der Waals surface area contributed by atoms with Crippen LogP contribution in [-0.2, 0) is 19.5 Å². The van der Waals surface area contributed by atoms with Crippen LogP contribution >= 0.6 is 0 Å². The van der Waals surface area contributed by atoms with E-state index in [2.05, 4.69) is 52.9 Å². The third-order valence-corrected chi connectivity index (χ3v) is 8.91. The molecule has 5 aromatic heterocycles. The molecule has 0 unspecified atom stereocenters. The number of carboxylic acid groups (broad SMARTS) is 1. The quantitative estimate of drug-likeness (QED) is 0.234. The summed E-state index contributed by atoms with van der Waals surface area (Å²) in [5, 5.41) is 14.5. The number of carbonyl (C=O) groups is 1. The smallest absolute Gasteiger partial charge is 1.00 e. The molecule has 0 atom stereocenters. The van der Waals surface area contributed by atoms with Gasteiger partial charge in [0, 0.05) is 68.6 Å². The first-order chi connectivity index (χ1) is 25.1. The zero-order valence-electron chi connectivity index (χ0n) is 30.9. The number of aryl methyl sites for hydroxylation is 4. The molecule has 2 fully saturated rings. The molecule has 2 aliphatic rings. The fourth-order valence-corrected chi connectivity index (χ4v) is 6.01. The number of rotatable bonds is 5. The van der Waals surface area contributed by atoms with Crippen LogP contribution in [-0.4, -0.2) is 56.7 Å². The number of hydrogen-bond donors (Lipinski definition) is 1. The zero-order valence-corrected chi connectivity index (χ0v) is 34.1. The van der Waals surface area contributed by atoms with Gasteiger partial charge in [-0.15, -0.1) is 0 Å². The van der Waals surface area contributed by atoms with Crippen molar-refractivity contribution in [2.75, 3.05) is 31.1 Å². The van der Waals surface area contributed by atoms with Crippen molar-refractivity contribution in [2.45, 2.75) is 46.6 Å². The molecule has 1 aliphatic carbocycles. The first-order valence-corrected chi connectivity index (χ1v) is 17.3. The molecule has 0 amide bonds. The Morgan fingerprint density at radius 1 is 0.727 bits per heavy atom. The summed E-state index contributed by atoms with van der Waals surface area (Å²) in [6.45, 7) is 11.2. The van der Waals surface area contributed by atoms with Crippen LogP contribution in [0.3, 0.4) is 0 Å². The van der Waals surface area contributed by atoms with E-state index >= 15 is 0 Å². The van der Waals surface area contributed by atoms with Crippen LogP contribution in [0, 0.1) is 33.5 Å². The zero-order chi connectivity index (χ0) is 36.8. The summed E-state index contributed by atoms with van der Waals surface area (Å²) in [4.78, 5) is 42.7. The molecule has 6 heterocycles. The molecule has 1 aromatic carbocycles. The van der Waals surface area contributed by atoms with Crippen LogP contribution in [0.2, 0.25) is 0 Å². The van der Waals surface area contributed by atoms with Gasteiger partial charge < -0.3 is 49.5 Å². The van der Waals surface area contributed by atoms with Crippen molar-refractivity contribution >= 4 is 22.6 Å². The van der Waals surface area contributed by atoms with Crippen LogP contribution in [0.5, 0.6) is 0 Å². The van der Waals surface area contributed by atoms with Gasteiger partial charge in [-0.2, -0.15) is 0 Å². The molecule has 14 heteroatoms. The molecule has 0 spiro atoms. The fraction of sp³-hybridized carbons (Fsp3) is 0.268. The minimum atomic E-state index is -1.53. The number of carbonyl (C=O) groups excluding carboxylic acids is 1. The largest absolute Gasteiger partial charge is 3.00 e. The second-order valence-corrected chi connectivity index (χ2v) is 13.2. The van der Waals surface area contributed by atoms with Gasteiger partial charge in [0.05, 0.1) is 45.5 Å². The molecular formula is C41H41Cl2FN7O3Ru. The number of nitrogens with zero attached hydrogens (tertiary/aromatic N) is 6. The van der Waals surface area contributed by atoms with E-state index in [0.717, 1.165) is 48.7 Å². The van der Waals surface area contributed by atoms with Gasteiger partial charge in [-0.3, -0.25) is 24.7 Å². The van der Waals surface area contributed by atoms with Crippen LogP contribution in [0.15, 0.2) is 96.4 Å². The number of carboxylic acids is 1. The Kier molecular flexibility index (Phi) is 16.6. The molecule has 1 saturated heterocycles. The van der Waals surface area contributed by atoms with Gasteiger partial charge in [-0.25, -0.2) is 4.39 Å². The molecule has 1 saturated carbocycles. The van der Waals surface area contributed by atoms with Crippen molar-refractivity contribution in [2.24, 2.45) is 0 Å². The van der Waals surface area contributed by atoms with E-state index < -0.39 is 22.8 Å². The number of aromatic nitrogens is 5. The maximum absolute atomic E-state index is 14.6. The van der Waals surface area contributed by atoms with Crippen molar-refractivity contribution in [1.29, 1.82) is 0 Å². The molecule has 1 aliphatic heterocycles. The number of anilines is 1. The Morgan fingerprint density at radius 2 is 1.15 bits per heavy atom. The molecule has 8 rings (SSSR count). The molecular weight excluding hydrogens is 829 g/mol. The number of aromatic carboxylic acids is 1.